The molecule has 1 aliphatic heterocycles. The Hall–Kier alpha value is -1.71. The van der Waals surface area contributed by atoms with Crippen LogP contribution >= 0.6 is 11.6 Å². The summed E-state index contributed by atoms with van der Waals surface area (Å²) in [7, 11) is -4.26. The van der Waals surface area contributed by atoms with Crippen molar-refractivity contribution in [3.05, 3.63) is 23.0 Å². The average molecular weight is 393 g/mol. The molecule has 2 atom stereocenters. The van der Waals surface area contributed by atoms with Crippen molar-refractivity contribution in [2.24, 2.45) is 11.8 Å². The molecule has 10 heteroatoms. The molecule has 0 aliphatic carbocycles. The molecule has 7 nitrogen and oxygen atoms in total. The molecule has 2 unspecified atom stereocenters. The van der Waals surface area contributed by atoms with E-state index in [2.05, 4.69) is 5.32 Å². The number of hydrogen-bond donors (Lipinski definition) is 2. The number of carboxylic acid groups (broad SMARTS) is 1. The summed E-state index contributed by atoms with van der Waals surface area (Å²) in [4.78, 5) is 21.6. The fourth-order valence-electron chi connectivity index (χ4n) is 2.83. The summed E-state index contributed by atoms with van der Waals surface area (Å²) in [6, 6.07) is 1.76. The number of rotatable bonds is 4. The molecule has 1 saturated heterocycles. The van der Waals surface area contributed by atoms with Crippen LogP contribution in [-0.4, -0.2) is 42.8 Å². The second kappa shape index (κ2) is 7.27. The molecule has 1 amide bonds. The number of piperidine rings is 1. The first-order valence-electron chi connectivity index (χ1n) is 7.52. The van der Waals surface area contributed by atoms with Gasteiger partial charge in [-0.05, 0) is 18.4 Å². The van der Waals surface area contributed by atoms with Crippen LogP contribution in [-0.2, 0) is 19.6 Å². The van der Waals surface area contributed by atoms with Crippen molar-refractivity contribution in [3.8, 4) is 0 Å². The van der Waals surface area contributed by atoms with Gasteiger partial charge in [-0.1, -0.05) is 18.5 Å². The topological polar surface area (TPSA) is 104 Å². The van der Waals surface area contributed by atoms with Gasteiger partial charge in [0.15, 0.2) is 0 Å². The minimum atomic E-state index is -4.26. The van der Waals surface area contributed by atoms with Crippen LogP contribution < -0.4 is 5.32 Å². The van der Waals surface area contributed by atoms with Gasteiger partial charge in [-0.15, -0.1) is 0 Å². The van der Waals surface area contributed by atoms with E-state index in [1.807, 2.05) is 0 Å². The highest BCUT2D eigenvalue weighted by atomic mass is 35.5. The highest BCUT2D eigenvalue weighted by Gasteiger charge is 2.37. The number of hydrogen-bond acceptors (Lipinski definition) is 4. The van der Waals surface area contributed by atoms with Crippen molar-refractivity contribution in [1.82, 2.24) is 4.31 Å². The normalized spacial score (nSPS) is 21.8. The van der Waals surface area contributed by atoms with Crippen molar-refractivity contribution in [2.45, 2.75) is 25.2 Å². The van der Waals surface area contributed by atoms with Crippen molar-refractivity contribution < 1.29 is 27.5 Å². The van der Waals surface area contributed by atoms with E-state index >= 15 is 0 Å². The molecule has 2 N–H and O–H groups in total. The monoisotopic (exact) mass is 392 g/mol. The maximum absolute atomic E-state index is 14.4. The third-order valence-corrected chi connectivity index (χ3v) is 6.08. The van der Waals surface area contributed by atoms with Gasteiger partial charge < -0.3 is 10.4 Å². The summed E-state index contributed by atoms with van der Waals surface area (Å²) >= 11 is 5.94. The molecule has 1 heterocycles. The lowest BCUT2D eigenvalue weighted by atomic mass is 9.92. The Bertz CT molecular complexity index is 814. The zero-order valence-corrected chi connectivity index (χ0v) is 15.2. The van der Waals surface area contributed by atoms with E-state index < -0.39 is 38.5 Å². The summed E-state index contributed by atoms with van der Waals surface area (Å²) in [5.74, 6) is -3.67. The first kappa shape index (κ1) is 19.6. The van der Waals surface area contributed by atoms with Crippen LogP contribution in [0.15, 0.2) is 17.0 Å². The van der Waals surface area contributed by atoms with Gasteiger partial charge in [0, 0.05) is 26.1 Å². The number of nitrogens with zero attached hydrogens (tertiary/aromatic N) is 1. The second-order valence-corrected chi connectivity index (χ2v) is 8.46. The first-order chi connectivity index (χ1) is 11.5. The van der Waals surface area contributed by atoms with Crippen LogP contribution in [0.25, 0.3) is 0 Å². The van der Waals surface area contributed by atoms with Crippen LogP contribution in [0.3, 0.4) is 0 Å². The summed E-state index contributed by atoms with van der Waals surface area (Å²) in [6.45, 7) is 2.81. The molecule has 0 bridgehead atoms. The van der Waals surface area contributed by atoms with Crippen molar-refractivity contribution in [2.75, 3.05) is 18.4 Å². The maximum Gasteiger partial charge on any atom is 0.307 e. The molecular weight excluding hydrogens is 375 g/mol. The number of sulfonamides is 1. The predicted molar refractivity (Wildman–Crippen MR) is 89.4 cm³/mol. The Morgan fingerprint density at radius 3 is 2.56 bits per heavy atom. The summed E-state index contributed by atoms with van der Waals surface area (Å²) < 4.78 is 40.8. The van der Waals surface area contributed by atoms with Gasteiger partial charge in [-0.3, -0.25) is 9.59 Å². The summed E-state index contributed by atoms with van der Waals surface area (Å²) in [6.07, 6.45) is 0.353. The van der Waals surface area contributed by atoms with Gasteiger partial charge >= 0.3 is 5.97 Å². The first-order valence-corrected chi connectivity index (χ1v) is 9.33. The van der Waals surface area contributed by atoms with E-state index in [9.17, 15) is 27.5 Å². The van der Waals surface area contributed by atoms with Crippen LogP contribution in [0.5, 0.6) is 0 Å². The van der Waals surface area contributed by atoms with E-state index in [1.54, 1.807) is 6.92 Å². The zero-order valence-electron chi connectivity index (χ0n) is 13.6. The van der Waals surface area contributed by atoms with Crippen LogP contribution in [0.1, 0.15) is 20.3 Å². The third-order valence-electron chi connectivity index (χ3n) is 3.93. The molecule has 0 saturated carbocycles. The van der Waals surface area contributed by atoms with Crippen LogP contribution in [0, 0.1) is 17.7 Å². The molecule has 1 aromatic rings. The molecule has 138 valence electrons. The fourth-order valence-corrected chi connectivity index (χ4v) is 4.78. The Morgan fingerprint density at radius 1 is 1.36 bits per heavy atom. The Balaban J connectivity index is 2.40. The molecule has 1 aromatic carbocycles. The Kier molecular flexibility index (Phi) is 5.70. The van der Waals surface area contributed by atoms with Crippen molar-refractivity contribution in [1.29, 1.82) is 0 Å². The van der Waals surface area contributed by atoms with E-state index in [0.29, 0.717) is 6.42 Å². The molecule has 25 heavy (non-hydrogen) atoms. The van der Waals surface area contributed by atoms with E-state index in [4.69, 9.17) is 11.6 Å². The molecule has 0 aromatic heterocycles. The fraction of sp³-hybridized carbons (Fsp3) is 0.467. The van der Waals surface area contributed by atoms with Gasteiger partial charge in [0.25, 0.3) is 0 Å². The number of carbonyl (C=O) groups is 2. The van der Waals surface area contributed by atoms with E-state index in [-0.39, 0.29) is 29.7 Å². The highest BCUT2D eigenvalue weighted by molar-refractivity contribution is 7.89. The van der Waals surface area contributed by atoms with Gasteiger partial charge in [-0.2, -0.15) is 4.31 Å². The maximum atomic E-state index is 14.4. The minimum absolute atomic E-state index is 0.0407. The number of carbonyl (C=O) groups excluding carboxylic acids is 1. The Morgan fingerprint density at radius 2 is 2.00 bits per heavy atom. The number of aliphatic carboxylic acids is 1. The van der Waals surface area contributed by atoms with E-state index in [0.717, 1.165) is 16.4 Å². The van der Waals surface area contributed by atoms with Crippen molar-refractivity contribution >= 4 is 39.2 Å². The minimum Gasteiger partial charge on any atom is -0.481 e. The predicted octanol–water partition coefficient (Wildman–Crippen LogP) is 2.17. The number of anilines is 1. The molecule has 0 radical (unpaired) electrons. The largest absolute Gasteiger partial charge is 0.481 e. The molecule has 1 fully saturated rings. The third kappa shape index (κ3) is 4.28. The number of halogens is 2. The van der Waals surface area contributed by atoms with E-state index in [1.165, 1.54) is 6.92 Å². The van der Waals surface area contributed by atoms with Gasteiger partial charge in [0.1, 0.15) is 10.7 Å². The Labute approximate surface area is 149 Å². The molecule has 1 aliphatic rings. The standard InChI is InChI=1S/C15H18ClFN2O5S/c1-8-3-10(15(21)22)7-19(6-8)25(23,24)14-4-11(16)13(5-12(14)17)18-9(2)20/h4-5,8,10H,3,6-7H2,1-2H3,(H,18,20)(H,21,22). The molecule has 0 spiro atoms. The number of carboxylic acids is 1. The average Bonchev–Trinajstić information content (AvgIpc) is 2.49. The van der Waals surface area contributed by atoms with Crippen LogP contribution in [0.2, 0.25) is 5.02 Å². The highest BCUT2D eigenvalue weighted by Crippen LogP contribution is 2.32. The zero-order chi connectivity index (χ0) is 18.9. The summed E-state index contributed by atoms with van der Waals surface area (Å²) in [5.41, 5.74) is -0.0407. The smallest absolute Gasteiger partial charge is 0.307 e. The van der Waals surface area contributed by atoms with Gasteiger partial charge in [-0.25, -0.2) is 12.8 Å². The van der Waals surface area contributed by atoms with Gasteiger partial charge in [0.2, 0.25) is 15.9 Å². The van der Waals surface area contributed by atoms with Crippen LogP contribution in [0.4, 0.5) is 10.1 Å². The summed E-state index contributed by atoms with van der Waals surface area (Å²) in [5, 5.41) is 11.3. The lowest BCUT2D eigenvalue weighted by molar-refractivity contribution is -0.143. The molecular formula is C15H18ClFN2O5S. The second-order valence-electron chi connectivity index (χ2n) is 6.14. The number of amides is 1. The lowest BCUT2D eigenvalue weighted by Gasteiger charge is -2.33. The quantitative estimate of drug-likeness (QED) is 0.817. The lowest BCUT2D eigenvalue weighted by Crippen LogP contribution is -2.45. The SMILES string of the molecule is CC(=O)Nc1cc(F)c(S(=O)(=O)N2CC(C)CC(C(=O)O)C2)cc1Cl. The molecule has 2 rings (SSSR count). The number of benzene rings is 1. The van der Waals surface area contributed by atoms with Gasteiger partial charge in [0.05, 0.1) is 16.6 Å². The van der Waals surface area contributed by atoms with Crippen molar-refractivity contribution in [3.63, 3.8) is 0 Å². The number of nitrogens with one attached hydrogen (secondary N) is 1.